The highest BCUT2D eigenvalue weighted by Gasteiger charge is 2.27. The topological polar surface area (TPSA) is 45.2 Å². The van der Waals surface area contributed by atoms with Crippen LogP contribution in [0.5, 0.6) is 0 Å². The molecule has 0 aliphatic carbocycles. The molecule has 29 heavy (non-hydrogen) atoms. The molecule has 4 aromatic rings. The summed E-state index contributed by atoms with van der Waals surface area (Å²) in [5, 5.41) is 5.11. The minimum atomic E-state index is -0.0611. The molecule has 3 aromatic heterocycles. The van der Waals surface area contributed by atoms with Crippen molar-refractivity contribution >= 4 is 71.1 Å². The van der Waals surface area contributed by atoms with E-state index < -0.39 is 0 Å². The number of hydrogen-bond donors (Lipinski definition) is 1. The van der Waals surface area contributed by atoms with Gasteiger partial charge in [0.15, 0.2) is 0 Å². The van der Waals surface area contributed by atoms with Gasteiger partial charge >= 0.3 is 0 Å². The fourth-order valence-corrected chi connectivity index (χ4v) is 7.30. The van der Waals surface area contributed by atoms with Gasteiger partial charge in [0, 0.05) is 23.5 Å². The second kappa shape index (κ2) is 7.92. The number of anilines is 1. The van der Waals surface area contributed by atoms with Gasteiger partial charge in [0.1, 0.15) is 10.0 Å². The Bertz CT molecular complexity index is 1180. The van der Waals surface area contributed by atoms with Gasteiger partial charge < -0.3 is 5.32 Å². The van der Waals surface area contributed by atoms with Gasteiger partial charge in [-0.05, 0) is 58.7 Å². The number of likely N-dealkylation sites (N-methyl/N-ethyl adjacent to an activating group) is 1. The lowest BCUT2D eigenvalue weighted by atomic mass is 10.0. The third-order valence-corrected chi connectivity index (χ3v) is 8.92. The minimum absolute atomic E-state index is 0.0611. The van der Waals surface area contributed by atoms with E-state index in [9.17, 15) is 4.79 Å². The molecule has 0 saturated heterocycles. The molecular weight excluding hydrogens is 486 g/mol. The van der Waals surface area contributed by atoms with Gasteiger partial charge in [-0.3, -0.25) is 9.69 Å². The molecule has 5 rings (SSSR count). The molecule has 0 unspecified atom stereocenters. The number of amides is 1. The van der Waals surface area contributed by atoms with Gasteiger partial charge in [0.05, 0.1) is 18.9 Å². The molecule has 0 atom stereocenters. The molecule has 0 radical (unpaired) electrons. The Morgan fingerprint density at radius 3 is 2.83 bits per heavy atom. The predicted molar refractivity (Wildman–Crippen MR) is 128 cm³/mol. The van der Waals surface area contributed by atoms with Crippen LogP contribution < -0.4 is 5.32 Å². The number of thiophene rings is 2. The van der Waals surface area contributed by atoms with Crippen LogP contribution in [0.15, 0.2) is 40.2 Å². The summed E-state index contributed by atoms with van der Waals surface area (Å²) in [6.07, 6.45) is 0.991. The van der Waals surface area contributed by atoms with Crippen molar-refractivity contribution in [2.75, 3.05) is 18.4 Å². The van der Waals surface area contributed by atoms with Crippen molar-refractivity contribution in [3.05, 3.63) is 55.5 Å². The Labute approximate surface area is 189 Å². The third-order valence-electron chi connectivity index (χ3n) is 5.11. The zero-order valence-electron chi connectivity index (χ0n) is 15.7. The molecule has 1 aromatic carbocycles. The normalized spacial score (nSPS) is 14.3. The van der Waals surface area contributed by atoms with Crippen LogP contribution in [0.3, 0.4) is 0 Å². The Morgan fingerprint density at radius 2 is 2.07 bits per heavy atom. The van der Waals surface area contributed by atoms with Gasteiger partial charge in [-0.15, -0.1) is 34.0 Å². The van der Waals surface area contributed by atoms with E-state index >= 15 is 0 Å². The quantitative estimate of drug-likeness (QED) is 0.346. The number of carbonyl (C=O) groups excluding carboxylic acids is 1. The molecule has 1 amide bonds. The van der Waals surface area contributed by atoms with Crippen LogP contribution in [0.4, 0.5) is 5.00 Å². The molecule has 4 heterocycles. The second-order valence-electron chi connectivity index (χ2n) is 6.87. The zero-order chi connectivity index (χ0) is 20.0. The van der Waals surface area contributed by atoms with Crippen molar-refractivity contribution < 1.29 is 4.79 Å². The van der Waals surface area contributed by atoms with Crippen LogP contribution in [0.1, 0.15) is 27.0 Å². The third kappa shape index (κ3) is 3.68. The second-order valence-corrected chi connectivity index (χ2v) is 11.5. The summed E-state index contributed by atoms with van der Waals surface area (Å²) >= 11 is 8.30. The van der Waals surface area contributed by atoms with Crippen molar-refractivity contribution in [3.63, 3.8) is 0 Å². The number of aromatic nitrogens is 1. The fraction of sp³-hybridized carbons (Fsp3) is 0.238. The van der Waals surface area contributed by atoms with Crippen LogP contribution in [0.25, 0.3) is 20.8 Å². The first-order valence-electron chi connectivity index (χ1n) is 9.42. The molecule has 0 fully saturated rings. The molecule has 8 heteroatoms. The van der Waals surface area contributed by atoms with Crippen molar-refractivity contribution in [2.45, 2.75) is 19.9 Å². The molecule has 4 nitrogen and oxygen atoms in total. The number of halogens is 1. The minimum Gasteiger partial charge on any atom is -0.312 e. The maximum Gasteiger partial charge on any atom is 0.266 e. The summed E-state index contributed by atoms with van der Waals surface area (Å²) in [6.45, 7) is 5.22. The molecule has 1 aliphatic heterocycles. The summed E-state index contributed by atoms with van der Waals surface area (Å²) in [5.74, 6) is -0.0611. The number of nitrogens with zero attached hydrogens (tertiary/aromatic N) is 2. The molecule has 0 saturated carbocycles. The average Bonchev–Trinajstić information content (AvgIpc) is 3.42. The van der Waals surface area contributed by atoms with Crippen LogP contribution in [0.2, 0.25) is 0 Å². The lowest BCUT2D eigenvalue weighted by Crippen LogP contribution is -2.29. The first kappa shape index (κ1) is 19.4. The van der Waals surface area contributed by atoms with Crippen molar-refractivity contribution in [1.29, 1.82) is 0 Å². The highest BCUT2D eigenvalue weighted by molar-refractivity contribution is 9.11. The number of hydrogen-bond acceptors (Lipinski definition) is 6. The van der Waals surface area contributed by atoms with E-state index in [1.165, 1.54) is 26.5 Å². The van der Waals surface area contributed by atoms with Crippen LogP contribution in [-0.2, 0) is 13.0 Å². The lowest BCUT2D eigenvalue weighted by molar-refractivity contribution is 0.103. The molecule has 1 N–H and O–H groups in total. The Hall–Kier alpha value is -1.58. The SMILES string of the molecule is CCN1CCc2c(sc(NC(=O)c3ccc(Br)s3)c2-c2nc3ccccc3s2)C1. The van der Waals surface area contributed by atoms with Crippen molar-refractivity contribution in [2.24, 2.45) is 0 Å². The zero-order valence-corrected chi connectivity index (χ0v) is 19.7. The van der Waals surface area contributed by atoms with E-state index in [-0.39, 0.29) is 5.91 Å². The van der Waals surface area contributed by atoms with Gasteiger partial charge in [0.2, 0.25) is 0 Å². The summed E-state index contributed by atoms with van der Waals surface area (Å²) in [4.78, 5) is 22.3. The summed E-state index contributed by atoms with van der Waals surface area (Å²) in [7, 11) is 0. The Kier molecular flexibility index (Phi) is 5.30. The maximum absolute atomic E-state index is 12.9. The number of nitrogens with one attached hydrogen (secondary N) is 1. The van der Waals surface area contributed by atoms with Gasteiger partial charge in [0.25, 0.3) is 5.91 Å². The molecule has 0 bridgehead atoms. The van der Waals surface area contributed by atoms with E-state index in [0.717, 1.165) is 50.9 Å². The highest BCUT2D eigenvalue weighted by Crippen LogP contribution is 2.45. The van der Waals surface area contributed by atoms with Gasteiger partial charge in [-0.25, -0.2) is 4.98 Å². The van der Waals surface area contributed by atoms with E-state index in [0.29, 0.717) is 4.88 Å². The highest BCUT2D eigenvalue weighted by atomic mass is 79.9. The lowest BCUT2D eigenvalue weighted by Gasteiger charge is -2.25. The average molecular weight is 505 g/mol. The van der Waals surface area contributed by atoms with Gasteiger partial charge in [-0.1, -0.05) is 19.1 Å². The van der Waals surface area contributed by atoms with E-state index in [4.69, 9.17) is 4.98 Å². The van der Waals surface area contributed by atoms with Crippen LogP contribution in [0, 0.1) is 0 Å². The fourth-order valence-electron chi connectivity index (χ4n) is 3.62. The number of thiazole rings is 1. The molecular formula is C21H18BrN3OS3. The molecule has 1 aliphatic rings. The number of rotatable bonds is 4. The van der Waals surface area contributed by atoms with Crippen LogP contribution >= 0.6 is 49.9 Å². The smallest absolute Gasteiger partial charge is 0.266 e. The predicted octanol–water partition coefficient (Wildman–Crippen LogP) is 6.48. The summed E-state index contributed by atoms with van der Waals surface area (Å²) in [5.41, 5.74) is 3.48. The molecule has 0 spiro atoms. The standard InChI is InChI=1S/C21H18BrN3OS3/c1-2-25-10-9-12-16(11-25)29-21(24-19(26)15-7-8-17(22)27-15)18(12)20-23-13-5-3-4-6-14(13)28-20/h3-8H,2,9-11H2,1H3,(H,24,26). The maximum atomic E-state index is 12.9. The van der Waals surface area contributed by atoms with Crippen molar-refractivity contribution in [3.8, 4) is 10.6 Å². The van der Waals surface area contributed by atoms with Gasteiger partial charge in [-0.2, -0.15) is 0 Å². The number of carbonyl (C=O) groups is 1. The number of fused-ring (bicyclic) bond motifs is 2. The van der Waals surface area contributed by atoms with E-state index in [1.54, 1.807) is 22.7 Å². The Balaban J connectivity index is 1.59. The first-order chi connectivity index (χ1) is 14.1. The Morgan fingerprint density at radius 1 is 1.21 bits per heavy atom. The molecule has 148 valence electrons. The monoisotopic (exact) mass is 503 g/mol. The number of para-hydroxylation sites is 1. The van der Waals surface area contributed by atoms with E-state index in [2.05, 4.69) is 39.1 Å². The summed E-state index contributed by atoms with van der Waals surface area (Å²) in [6, 6.07) is 12.0. The first-order valence-corrected chi connectivity index (χ1v) is 12.7. The van der Waals surface area contributed by atoms with Crippen LogP contribution in [-0.4, -0.2) is 28.9 Å². The van der Waals surface area contributed by atoms with Crippen molar-refractivity contribution in [1.82, 2.24) is 9.88 Å². The largest absolute Gasteiger partial charge is 0.312 e. The van der Waals surface area contributed by atoms with E-state index in [1.807, 2.05) is 30.3 Å². The summed E-state index contributed by atoms with van der Waals surface area (Å²) < 4.78 is 2.13. The number of benzene rings is 1.